The van der Waals surface area contributed by atoms with E-state index in [0.717, 1.165) is 74.9 Å². The molecular formula is C105H112N12O17. The van der Waals surface area contributed by atoms with Crippen molar-refractivity contribution >= 4 is 134 Å². The lowest BCUT2D eigenvalue weighted by Crippen LogP contribution is -2.45. The number of aliphatic imine (C=N–C) groups is 4. The third kappa shape index (κ3) is 21.3. The number of nitrogens with one attached hydrogen (secondary N) is 2. The maximum atomic E-state index is 14.1. The monoisotopic (exact) mass is 1810 g/mol. The zero-order valence-electron chi connectivity index (χ0n) is 74.5. The van der Waals surface area contributed by atoms with Gasteiger partial charge in [-0.05, 0) is 180 Å². The van der Waals surface area contributed by atoms with Crippen molar-refractivity contribution in [1.82, 2.24) is 29.8 Å². The number of ether oxygens (including phenoxy) is 6. The molecule has 0 saturated carbocycles. The van der Waals surface area contributed by atoms with E-state index in [-0.39, 0.29) is 122 Å². The number of nitrogens with zero attached hydrogens (tertiary/aromatic N) is 9. The predicted molar refractivity (Wildman–Crippen MR) is 517 cm³/mol. The van der Waals surface area contributed by atoms with Crippen molar-refractivity contribution in [3.05, 3.63) is 238 Å². The first-order valence-electron chi connectivity index (χ1n) is 44.6. The first-order chi connectivity index (χ1) is 63.8. The zero-order valence-corrected chi connectivity index (χ0v) is 74.5. The molecule has 6 N–H and O–H groups in total. The molecule has 134 heavy (non-hydrogen) atoms. The lowest BCUT2D eigenvalue weighted by Gasteiger charge is -2.23. The molecule has 9 heterocycles. The quantitative estimate of drug-likeness (QED) is 0.0145. The lowest BCUT2D eigenvalue weighted by atomic mass is 9.92. The van der Waals surface area contributed by atoms with Crippen molar-refractivity contribution in [3.63, 3.8) is 0 Å². The van der Waals surface area contributed by atoms with Gasteiger partial charge >= 0.3 is 0 Å². The fourth-order valence-corrected chi connectivity index (χ4v) is 17.3. The highest BCUT2D eigenvalue weighted by Gasteiger charge is 2.40. The van der Waals surface area contributed by atoms with Crippen LogP contribution in [0.25, 0.3) is 22.3 Å². The van der Waals surface area contributed by atoms with E-state index in [4.69, 9.17) is 44.1 Å². The molecule has 0 unspecified atom stereocenters. The first kappa shape index (κ1) is 95.1. The van der Waals surface area contributed by atoms with Crippen LogP contribution < -0.4 is 44.8 Å². The van der Waals surface area contributed by atoms with E-state index in [1.54, 1.807) is 101 Å². The SMILES string of the molecule is C.C.COc1cc2c(cc1OCCCCCOc1cc3c(cc1C)C(=O)N1C=C(c4ccc(O)cc4)C[C@H]1C=N3)N=C[C@@H]1CC(c3ccc(NC(=O)[C@H](C)CC(=O)[C@@H](NC(=O)CCCCCN4C(=O)C=CC4=O)C(C)C)cc3)=CN1C2=O.COc1cc2c(cc1OCCCOc1cc3c(cc1C)C(=O)N1C=C(c4ccc(O)cc4)C[C@H]1C=N3)N=C[C@@H]1CC(c3ccc(N)cc3)=CN1C2=O. The summed E-state index contributed by atoms with van der Waals surface area (Å²) < 4.78 is 35.9. The fourth-order valence-electron chi connectivity index (χ4n) is 17.3. The molecule has 0 fully saturated rings. The Balaban J connectivity index is 0.000000230. The maximum absolute atomic E-state index is 14.1. The summed E-state index contributed by atoms with van der Waals surface area (Å²) >= 11 is 0. The van der Waals surface area contributed by atoms with Crippen LogP contribution in [0.15, 0.2) is 203 Å². The maximum Gasteiger partial charge on any atom is 0.260 e. The molecule has 0 spiro atoms. The highest BCUT2D eigenvalue weighted by atomic mass is 16.5. The van der Waals surface area contributed by atoms with Crippen LogP contribution in [0.3, 0.4) is 0 Å². The number of unbranched alkanes of at least 4 members (excludes halogenated alkanes) is 4. The highest BCUT2D eigenvalue weighted by Crippen LogP contribution is 2.45. The third-order valence-corrected chi connectivity index (χ3v) is 24.7. The number of methoxy groups -OCH3 is 2. The van der Waals surface area contributed by atoms with Crippen molar-refractivity contribution in [2.75, 3.05) is 58.2 Å². The number of aryl methyl sites for hydroxylation is 2. The van der Waals surface area contributed by atoms with Crippen molar-refractivity contribution in [2.24, 2.45) is 31.8 Å². The van der Waals surface area contributed by atoms with Gasteiger partial charge in [-0.15, -0.1) is 0 Å². The molecular weight excluding hydrogens is 1700 g/mol. The van der Waals surface area contributed by atoms with Crippen LogP contribution in [0.5, 0.6) is 46.0 Å². The second-order valence-corrected chi connectivity index (χ2v) is 34.4. The Hall–Kier alpha value is -15.0. The molecule has 0 saturated heterocycles. The summed E-state index contributed by atoms with van der Waals surface area (Å²) in [6.45, 7) is 11.1. The number of anilines is 2. The number of hydrogen-bond acceptors (Lipinski definition) is 22. The Labute approximate surface area is 779 Å². The van der Waals surface area contributed by atoms with E-state index < -0.39 is 12.0 Å². The number of phenols is 2. The van der Waals surface area contributed by atoms with Crippen LogP contribution in [-0.2, 0) is 24.0 Å². The number of Topliss-reactive ketones (excluding diaryl/α,β-unsaturated/α-hetero) is 1. The van der Waals surface area contributed by atoms with E-state index in [1.807, 2.05) is 156 Å². The second kappa shape index (κ2) is 42.0. The van der Waals surface area contributed by atoms with Gasteiger partial charge in [-0.25, -0.2) is 0 Å². The van der Waals surface area contributed by atoms with Crippen molar-refractivity contribution in [2.45, 2.75) is 163 Å². The van der Waals surface area contributed by atoms with E-state index in [2.05, 4.69) is 20.6 Å². The molecule has 8 amide bonds. The van der Waals surface area contributed by atoms with Crippen molar-refractivity contribution in [1.29, 1.82) is 0 Å². The summed E-state index contributed by atoms with van der Waals surface area (Å²) in [5.74, 6) is 0.575. The number of nitrogens with two attached hydrogens (primary N) is 1. The molecule has 6 atom stereocenters. The summed E-state index contributed by atoms with van der Waals surface area (Å²) in [7, 11) is 3.08. The van der Waals surface area contributed by atoms with E-state index in [1.165, 1.54) is 24.2 Å². The molecule has 0 aromatic heterocycles. The number of carbonyl (C=O) groups excluding carboxylic acids is 9. The van der Waals surface area contributed by atoms with Gasteiger partial charge in [0.15, 0.2) is 28.8 Å². The predicted octanol–water partition coefficient (Wildman–Crippen LogP) is 17.8. The molecule has 694 valence electrons. The molecule has 0 radical (unpaired) electrons. The van der Waals surface area contributed by atoms with Crippen LogP contribution in [0.2, 0.25) is 0 Å². The smallest absolute Gasteiger partial charge is 0.260 e. The average molecular weight is 1810 g/mol. The van der Waals surface area contributed by atoms with Crippen molar-refractivity contribution < 1.29 is 81.8 Å². The van der Waals surface area contributed by atoms with Gasteiger partial charge in [0.05, 0.1) is 116 Å². The zero-order chi connectivity index (χ0) is 92.5. The number of ketones is 1. The van der Waals surface area contributed by atoms with Gasteiger partial charge in [0.1, 0.15) is 23.0 Å². The number of carbonyl (C=O) groups is 9. The summed E-state index contributed by atoms with van der Waals surface area (Å²) in [4.78, 5) is 145. The molecule has 9 aliphatic rings. The van der Waals surface area contributed by atoms with Crippen LogP contribution in [0, 0.1) is 25.7 Å². The van der Waals surface area contributed by atoms with Gasteiger partial charge in [0, 0.05) is 155 Å². The van der Waals surface area contributed by atoms with Gasteiger partial charge in [0.25, 0.3) is 35.4 Å². The molecule has 8 aromatic rings. The molecule has 0 bridgehead atoms. The largest absolute Gasteiger partial charge is 0.508 e. The fraction of sp³-hybridized carbons (Fsp3) is 0.324. The topological polar surface area (TPSA) is 365 Å². The summed E-state index contributed by atoms with van der Waals surface area (Å²) in [6, 6.07) is 41.4. The number of imide groups is 1. The average Bonchev–Trinajstić information content (AvgIpc) is 1.63. The summed E-state index contributed by atoms with van der Waals surface area (Å²) in [5.41, 5.74) is 20.6. The molecule has 29 nitrogen and oxygen atoms in total. The number of nitrogen functional groups attached to an aromatic ring is 1. The number of amides is 8. The van der Waals surface area contributed by atoms with Crippen LogP contribution in [-0.4, -0.2) is 190 Å². The summed E-state index contributed by atoms with van der Waals surface area (Å²) in [5, 5.41) is 25.1. The van der Waals surface area contributed by atoms with Gasteiger partial charge in [-0.3, -0.25) is 68.0 Å². The number of aromatic hydroxyl groups is 2. The lowest BCUT2D eigenvalue weighted by molar-refractivity contribution is -0.137. The Kier molecular flexibility index (Phi) is 29.8. The Morgan fingerprint density at radius 3 is 1.18 bits per heavy atom. The van der Waals surface area contributed by atoms with E-state index in [0.29, 0.717) is 175 Å². The molecule has 17 rings (SSSR count). The normalized spacial score (nSPS) is 17.8. The van der Waals surface area contributed by atoms with Crippen LogP contribution in [0.1, 0.15) is 194 Å². The number of rotatable bonds is 33. The minimum atomic E-state index is -0.755. The van der Waals surface area contributed by atoms with Gasteiger partial charge in [0.2, 0.25) is 11.8 Å². The van der Waals surface area contributed by atoms with Gasteiger partial charge < -0.3 is 74.6 Å². The Bertz CT molecular complexity index is 6150. The standard InChI is InChI=1S/C62H67N7O11.C41H37N5O6.2CH4/c1-37(2)59(66-56(72)12-8-6-9-23-67-57(73)21-22-58(67)74)52(71)27-39(4)60(75)65-44-17-13-40(14-18-44)42-28-46-34-64-51-32-55(54(78-5)30-49(51)62(77)69(46)35-42)80-25-11-7-10-24-79-53-31-50-48(26-38(53)3)61(76)68-36-43(29-45(68)33-63-50)41-15-19-47(70)20-16-41;1-24-14-33-35(43-20-30-16-28(23-45(30)40(33)48)26-6-10-32(47)11-7-26)18-37(24)51-12-3-13-52-39-19-36-34(17-38(39)50-2)41(49)46-22-27(15-31(46)21-44-36)25-4-8-29(42)9-5-25;;/h13-22,26,30-37,39,45-46,59,70H,6-12,23-25,27-29H2,1-5H3,(H,65,75)(H,66,72);4-11,14,17-23,30-31,47H,3,12-13,15-16,42H2,1-2H3;2*1H4/t39-,45+,46+,59+;30-,31-;;/m10../s1. The Morgan fingerprint density at radius 2 is 0.791 bits per heavy atom. The minimum absolute atomic E-state index is 0. The Morgan fingerprint density at radius 1 is 0.440 bits per heavy atom. The summed E-state index contributed by atoms with van der Waals surface area (Å²) in [6.07, 6.45) is 24.4. The second-order valence-electron chi connectivity index (χ2n) is 34.4. The highest BCUT2D eigenvalue weighted by molar-refractivity contribution is 6.13. The van der Waals surface area contributed by atoms with Crippen LogP contribution >= 0.6 is 0 Å². The molecule has 29 heteroatoms. The molecule has 8 aromatic carbocycles. The van der Waals surface area contributed by atoms with Gasteiger partial charge in [-0.1, -0.05) is 90.6 Å². The number of benzene rings is 8. The minimum Gasteiger partial charge on any atom is -0.508 e. The number of fused-ring (bicyclic) bond motifs is 8. The van der Waals surface area contributed by atoms with Gasteiger partial charge in [-0.2, -0.15) is 0 Å². The molecule has 9 aliphatic heterocycles. The number of phenolic OH excluding ortho intramolecular Hbond substituents is 2. The third-order valence-electron chi connectivity index (χ3n) is 24.7. The van der Waals surface area contributed by atoms with E-state index >= 15 is 0 Å². The van der Waals surface area contributed by atoms with E-state index in [9.17, 15) is 53.4 Å². The number of hydrogen-bond donors (Lipinski definition) is 5. The molecule has 0 aliphatic carbocycles. The first-order valence-corrected chi connectivity index (χ1v) is 44.6. The van der Waals surface area contributed by atoms with Crippen LogP contribution in [0.4, 0.5) is 34.1 Å². The van der Waals surface area contributed by atoms with Crippen molar-refractivity contribution in [3.8, 4) is 46.0 Å².